The van der Waals surface area contributed by atoms with Gasteiger partial charge >= 0.3 is 5.97 Å². The first kappa shape index (κ1) is 14.0. The number of hydrogen-bond donors (Lipinski definition) is 1. The van der Waals surface area contributed by atoms with Crippen molar-refractivity contribution < 1.29 is 14.3 Å². The summed E-state index contributed by atoms with van der Waals surface area (Å²) in [6, 6.07) is 2.40. The molecule has 0 spiro atoms. The van der Waals surface area contributed by atoms with E-state index in [4.69, 9.17) is 16.7 Å². The Bertz CT molecular complexity index is 636. The number of carbonyl (C=O) groups is 1. The van der Waals surface area contributed by atoms with Gasteiger partial charge in [0.15, 0.2) is 0 Å². The van der Waals surface area contributed by atoms with Crippen LogP contribution in [0.25, 0.3) is 5.69 Å². The maximum absolute atomic E-state index is 13.2. The Morgan fingerprint density at radius 1 is 1.58 bits per heavy atom. The lowest BCUT2D eigenvalue weighted by Gasteiger charge is -2.08. The van der Waals surface area contributed by atoms with Crippen LogP contribution in [0.1, 0.15) is 11.4 Å². The van der Waals surface area contributed by atoms with Crippen molar-refractivity contribution in [1.29, 1.82) is 0 Å². The quantitative estimate of drug-likeness (QED) is 0.926. The second kappa shape index (κ2) is 5.26. The molecule has 2 aromatic rings. The van der Waals surface area contributed by atoms with Crippen molar-refractivity contribution in [2.24, 2.45) is 0 Å². The van der Waals surface area contributed by atoms with Crippen molar-refractivity contribution in [3.63, 3.8) is 0 Å². The van der Waals surface area contributed by atoms with Crippen LogP contribution in [0.4, 0.5) is 4.39 Å². The molecule has 1 aromatic heterocycles. The topological polar surface area (TPSA) is 68.0 Å². The van der Waals surface area contributed by atoms with Gasteiger partial charge in [-0.05, 0) is 35.0 Å². The summed E-state index contributed by atoms with van der Waals surface area (Å²) < 4.78 is 15.0. The zero-order chi connectivity index (χ0) is 14.2. The third kappa shape index (κ3) is 2.76. The standard InChI is InChI=1S/C11H8BrClFN3O2/c1-5-9(4-10(18)19)15-16-17(5)11-7(12)2-6(14)3-8(11)13/h2-3H,4H2,1H3,(H,18,19). The third-order valence-electron chi connectivity index (χ3n) is 2.50. The number of benzene rings is 1. The minimum absolute atomic E-state index is 0.154. The molecule has 1 N–H and O–H groups in total. The van der Waals surface area contributed by atoms with Gasteiger partial charge in [-0.1, -0.05) is 16.8 Å². The lowest BCUT2D eigenvalue weighted by atomic mass is 10.2. The molecule has 0 aliphatic carbocycles. The van der Waals surface area contributed by atoms with Gasteiger partial charge in [0.05, 0.1) is 28.5 Å². The zero-order valence-corrected chi connectivity index (χ0v) is 12.0. The first-order valence-corrected chi connectivity index (χ1v) is 6.35. The average molecular weight is 349 g/mol. The molecule has 1 aromatic carbocycles. The number of carboxylic acid groups (broad SMARTS) is 1. The number of carboxylic acids is 1. The molecule has 2 rings (SSSR count). The highest BCUT2D eigenvalue weighted by Crippen LogP contribution is 2.30. The molecule has 0 saturated heterocycles. The Morgan fingerprint density at radius 3 is 2.84 bits per heavy atom. The molecule has 5 nitrogen and oxygen atoms in total. The van der Waals surface area contributed by atoms with Crippen molar-refractivity contribution >= 4 is 33.5 Å². The predicted octanol–water partition coefficient (Wildman–Crippen LogP) is 2.76. The molecule has 0 unspecified atom stereocenters. The van der Waals surface area contributed by atoms with Crippen LogP contribution >= 0.6 is 27.5 Å². The molecule has 19 heavy (non-hydrogen) atoms. The summed E-state index contributed by atoms with van der Waals surface area (Å²) in [5, 5.41) is 16.6. The Balaban J connectivity index is 2.54. The summed E-state index contributed by atoms with van der Waals surface area (Å²) in [5.74, 6) is -1.48. The molecule has 1 heterocycles. The molecule has 0 bridgehead atoms. The number of hydrogen-bond acceptors (Lipinski definition) is 3. The van der Waals surface area contributed by atoms with Crippen LogP contribution in [-0.2, 0) is 11.2 Å². The molecule has 0 fully saturated rings. The van der Waals surface area contributed by atoms with Gasteiger partial charge in [0.1, 0.15) is 5.82 Å². The van der Waals surface area contributed by atoms with Gasteiger partial charge in [0, 0.05) is 4.47 Å². The highest BCUT2D eigenvalue weighted by molar-refractivity contribution is 9.10. The van der Waals surface area contributed by atoms with Crippen molar-refractivity contribution in [3.05, 3.63) is 38.8 Å². The molecular weight excluding hydrogens is 340 g/mol. The van der Waals surface area contributed by atoms with Crippen LogP contribution in [0, 0.1) is 12.7 Å². The molecule has 0 aliphatic heterocycles. The smallest absolute Gasteiger partial charge is 0.309 e. The van der Waals surface area contributed by atoms with Crippen LogP contribution in [-0.4, -0.2) is 26.1 Å². The minimum atomic E-state index is -1.00. The average Bonchev–Trinajstić information content (AvgIpc) is 2.60. The van der Waals surface area contributed by atoms with Crippen LogP contribution in [0.15, 0.2) is 16.6 Å². The van der Waals surface area contributed by atoms with Crippen LogP contribution < -0.4 is 0 Å². The molecular formula is C11H8BrClFN3O2. The van der Waals surface area contributed by atoms with Crippen molar-refractivity contribution in [3.8, 4) is 5.69 Å². The number of nitrogens with zero attached hydrogens (tertiary/aromatic N) is 3. The van der Waals surface area contributed by atoms with Gasteiger partial charge in [0.2, 0.25) is 0 Å². The summed E-state index contributed by atoms with van der Waals surface area (Å²) in [4.78, 5) is 10.7. The lowest BCUT2D eigenvalue weighted by molar-refractivity contribution is -0.136. The van der Waals surface area contributed by atoms with Crippen molar-refractivity contribution in [1.82, 2.24) is 15.0 Å². The molecule has 0 amide bonds. The van der Waals surface area contributed by atoms with E-state index in [1.807, 2.05) is 0 Å². The Kier molecular flexibility index (Phi) is 3.86. The highest BCUT2D eigenvalue weighted by Gasteiger charge is 2.17. The second-order valence-corrected chi connectivity index (χ2v) is 5.08. The maximum atomic E-state index is 13.2. The van der Waals surface area contributed by atoms with Gasteiger partial charge in [-0.15, -0.1) is 5.10 Å². The van der Waals surface area contributed by atoms with Gasteiger partial charge in [0.25, 0.3) is 0 Å². The Morgan fingerprint density at radius 2 is 2.26 bits per heavy atom. The minimum Gasteiger partial charge on any atom is -0.481 e. The van der Waals surface area contributed by atoms with Crippen LogP contribution in [0.3, 0.4) is 0 Å². The fourth-order valence-electron chi connectivity index (χ4n) is 1.62. The number of aromatic nitrogens is 3. The Hall–Kier alpha value is -1.47. The molecule has 100 valence electrons. The van der Waals surface area contributed by atoms with E-state index in [2.05, 4.69) is 26.2 Å². The molecule has 0 aliphatic rings. The fraction of sp³-hybridized carbons (Fsp3) is 0.182. The summed E-state index contributed by atoms with van der Waals surface area (Å²) in [6.07, 6.45) is -0.234. The van der Waals surface area contributed by atoms with Gasteiger partial charge in [-0.2, -0.15) is 0 Å². The summed E-state index contributed by atoms with van der Waals surface area (Å²) in [5.41, 5.74) is 1.29. The molecule has 0 radical (unpaired) electrons. The summed E-state index contributed by atoms with van der Waals surface area (Å²) in [6.45, 7) is 1.67. The predicted molar refractivity (Wildman–Crippen MR) is 70.1 cm³/mol. The SMILES string of the molecule is Cc1c(CC(=O)O)nnn1-c1c(Cl)cc(F)cc1Br. The van der Waals surface area contributed by atoms with E-state index in [0.29, 0.717) is 21.5 Å². The molecule has 0 saturated carbocycles. The summed E-state index contributed by atoms with van der Waals surface area (Å²) in [7, 11) is 0. The number of halogens is 3. The number of aliphatic carboxylic acids is 1. The largest absolute Gasteiger partial charge is 0.481 e. The van der Waals surface area contributed by atoms with Gasteiger partial charge < -0.3 is 5.11 Å². The van der Waals surface area contributed by atoms with Crippen LogP contribution in [0.2, 0.25) is 5.02 Å². The first-order chi connectivity index (χ1) is 8.90. The van der Waals surface area contributed by atoms with E-state index in [0.717, 1.165) is 6.07 Å². The zero-order valence-electron chi connectivity index (χ0n) is 9.69. The third-order valence-corrected chi connectivity index (χ3v) is 3.39. The fourth-order valence-corrected chi connectivity index (χ4v) is 2.62. The molecule has 8 heteroatoms. The van der Waals surface area contributed by atoms with Gasteiger partial charge in [-0.25, -0.2) is 9.07 Å². The Labute approximate surface area is 121 Å². The van der Waals surface area contributed by atoms with E-state index in [9.17, 15) is 9.18 Å². The lowest BCUT2D eigenvalue weighted by Crippen LogP contribution is -2.04. The van der Waals surface area contributed by atoms with E-state index >= 15 is 0 Å². The summed E-state index contributed by atoms with van der Waals surface area (Å²) >= 11 is 9.18. The molecule has 0 atom stereocenters. The van der Waals surface area contributed by atoms with Crippen LogP contribution in [0.5, 0.6) is 0 Å². The maximum Gasteiger partial charge on any atom is 0.309 e. The van der Waals surface area contributed by atoms with E-state index in [-0.39, 0.29) is 11.4 Å². The first-order valence-electron chi connectivity index (χ1n) is 5.18. The monoisotopic (exact) mass is 347 g/mol. The number of rotatable bonds is 3. The van der Waals surface area contributed by atoms with Crippen molar-refractivity contribution in [2.45, 2.75) is 13.3 Å². The van der Waals surface area contributed by atoms with Crippen molar-refractivity contribution in [2.75, 3.05) is 0 Å². The van der Waals surface area contributed by atoms with E-state index in [1.54, 1.807) is 6.92 Å². The van der Waals surface area contributed by atoms with Gasteiger partial charge in [-0.3, -0.25) is 4.79 Å². The van der Waals surface area contributed by atoms with E-state index in [1.165, 1.54) is 10.7 Å². The highest BCUT2D eigenvalue weighted by atomic mass is 79.9. The second-order valence-electron chi connectivity index (χ2n) is 3.82. The normalized spacial score (nSPS) is 10.7. The van der Waals surface area contributed by atoms with E-state index < -0.39 is 11.8 Å².